The zero-order valence-corrected chi connectivity index (χ0v) is 12.7. The quantitative estimate of drug-likeness (QED) is 0.753. The Balaban J connectivity index is 0.00000154. The fourth-order valence-electron chi connectivity index (χ4n) is 1.93. The van der Waals surface area contributed by atoms with Crippen LogP contribution < -0.4 is 0 Å². The average Bonchev–Trinajstić information content (AvgIpc) is 2.29. The van der Waals surface area contributed by atoms with E-state index >= 15 is 0 Å². The highest BCUT2D eigenvalue weighted by Gasteiger charge is 2.27. The summed E-state index contributed by atoms with van der Waals surface area (Å²) in [5.74, 6) is 0.0358. The summed E-state index contributed by atoms with van der Waals surface area (Å²) in [5.41, 5.74) is -0.503. The Morgan fingerprint density at radius 3 is 2.11 bits per heavy atom. The van der Waals surface area contributed by atoms with Gasteiger partial charge in [0, 0.05) is 19.5 Å². The van der Waals surface area contributed by atoms with E-state index in [9.17, 15) is 13.6 Å². The summed E-state index contributed by atoms with van der Waals surface area (Å²) < 4.78 is 29.6. The van der Waals surface area contributed by atoms with Crippen molar-refractivity contribution in [2.24, 2.45) is 5.92 Å². The van der Waals surface area contributed by atoms with Crippen LogP contribution in [0.2, 0.25) is 0 Å². The highest BCUT2D eigenvalue weighted by molar-refractivity contribution is 5.68. The molecule has 19 heavy (non-hydrogen) atoms. The Morgan fingerprint density at radius 1 is 1.26 bits per heavy atom. The van der Waals surface area contributed by atoms with Crippen molar-refractivity contribution in [1.29, 1.82) is 0 Å². The third kappa shape index (κ3) is 8.01. The number of likely N-dealkylation sites (tertiary alicyclic amines) is 1. The molecule has 1 rings (SSSR count). The van der Waals surface area contributed by atoms with Gasteiger partial charge in [-0.2, -0.15) is 0 Å². The van der Waals surface area contributed by atoms with E-state index in [0.717, 1.165) is 0 Å². The summed E-state index contributed by atoms with van der Waals surface area (Å²) in [5, 5.41) is 0. The van der Waals surface area contributed by atoms with E-state index in [0.29, 0.717) is 25.9 Å². The number of nitrogens with zero attached hydrogens (tertiary/aromatic N) is 1. The van der Waals surface area contributed by atoms with E-state index in [4.69, 9.17) is 4.74 Å². The maximum Gasteiger partial charge on any atom is 0.410 e. The Morgan fingerprint density at radius 2 is 1.74 bits per heavy atom. The van der Waals surface area contributed by atoms with Crippen LogP contribution in [-0.2, 0) is 4.74 Å². The van der Waals surface area contributed by atoms with Gasteiger partial charge in [0.2, 0.25) is 6.43 Å². The molecule has 1 saturated heterocycles. The van der Waals surface area contributed by atoms with Crippen LogP contribution in [-0.4, -0.2) is 36.1 Å². The summed E-state index contributed by atoms with van der Waals surface area (Å²) in [6.07, 6.45) is -1.35. The Bertz CT molecular complexity index is 257. The van der Waals surface area contributed by atoms with Crippen LogP contribution in [0.3, 0.4) is 0 Å². The van der Waals surface area contributed by atoms with Crippen molar-refractivity contribution in [2.75, 3.05) is 13.1 Å². The van der Waals surface area contributed by atoms with Crippen LogP contribution in [0.25, 0.3) is 0 Å². The lowest BCUT2D eigenvalue weighted by molar-refractivity contribution is 0.0152. The van der Waals surface area contributed by atoms with Crippen molar-refractivity contribution in [3.8, 4) is 0 Å². The molecule has 1 aliphatic rings. The molecule has 1 aliphatic heterocycles. The Labute approximate surface area is 115 Å². The van der Waals surface area contributed by atoms with E-state index in [2.05, 4.69) is 0 Å². The molecule has 0 aliphatic carbocycles. The third-order valence-corrected chi connectivity index (χ3v) is 2.78. The van der Waals surface area contributed by atoms with Gasteiger partial charge in [-0.15, -0.1) is 0 Å². The third-order valence-electron chi connectivity index (χ3n) is 2.78. The minimum Gasteiger partial charge on any atom is -0.444 e. The molecule has 114 valence electrons. The maximum absolute atomic E-state index is 12.2. The fraction of sp³-hybridized carbons (Fsp3) is 0.929. The zero-order valence-electron chi connectivity index (χ0n) is 12.7. The minimum atomic E-state index is -2.24. The lowest BCUT2D eigenvalue weighted by Gasteiger charge is -2.33. The largest absolute Gasteiger partial charge is 0.444 e. The molecule has 0 bridgehead atoms. The van der Waals surface area contributed by atoms with Crippen LogP contribution in [0, 0.1) is 5.92 Å². The first kappa shape index (κ1) is 18.1. The number of rotatable bonds is 2. The van der Waals surface area contributed by atoms with Gasteiger partial charge in [0.05, 0.1) is 0 Å². The van der Waals surface area contributed by atoms with Crippen LogP contribution in [0.5, 0.6) is 0 Å². The number of hydrogen-bond acceptors (Lipinski definition) is 2. The molecule has 0 unspecified atom stereocenters. The van der Waals surface area contributed by atoms with Gasteiger partial charge >= 0.3 is 6.09 Å². The monoisotopic (exact) mass is 279 g/mol. The topological polar surface area (TPSA) is 29.5 Å². The molecule has 0 aromatic carbocycles. The Hall–Kier alpha value is -0.870. The number of alkyl halides is 2. The number of hydrogen-bond donors (Lipinski definition) is 0. The van der Waals surface area contributed by atoms with Crippen LogP contribution in [0.1, 0.15) is 53.9 Å². The van der Waals surface area contributed by atoms with Gasteiger partial charge in [-0.1, -0.05) is 13.8 Å². The molecular formula is C14H27F2NO2. The number of halogens is 2. The number of amides is 1. The molecule has 0 N–H and O–H groups in total. The maximum atomic E-state index is 12.2. The number of piperidine rings is 1. The standard InChI is InChI=1S/C12H21F2NO2.C2H6/c1-12(2,3)17-11(16)15-6-4-9(5-7-15)8-10(13)14;1-2/h9-10H,4-8H2,1-3H3;1-2H3. The van der Waals surface area contributed by atoms with E-state index in [1.165, 1.54) is 0 Å². The molecule has 3 nitrogen and oxygen atoms in total. The molecule has 0 aromatic rings. The van der Waals surface area contributed by atoms with Gasteiger partial charge in [0.1, 0.15) is 5.60 Å². The molecule has 0 saturated carbocycles. The predicted octanol–water partition coefficient (Wildman–Crippen LogP) is 4.31. The van der Waals surface area contributed by atoms with Crippen LogP contribution in [0.4, 0.5) is 13.6 Å². The summed E-state index contributed by atoms with van der Waals surface area (Å²) in [6.45, 7) is 10.5. The van der Waals surface area contributed by atoms with E-state index < -0.39 is 12.0 Å². The van der Waals surface area contributed by atoms with Crippen molar-refractivity contribution in [3.63, 3.8) is 0 Å². The van der Waals surface area contributed by atoms with Crippen LogP contribution >= 0.6 is 0 Å². The van der Waals surface area contributed by atoms with Gasteiger partial charge < -0.3 is 9.64 Å². The lowest BCUT2D eigenvalue weighted by atomic mass is 9.94. The second kappa shape index (κ2) is 8.33. The fourth-order valence-corrected chi connectivity index (χ4v) is 1.93. The van der Waals surface area contributed by atoms with Gasteiger partial charge in [0.15, 0.2) is 0 Å². The molecule has 0 aromatic heterocycles. The van der Waals surface area contributed by atoms with Crippen LogP contribution in [0.15, 0.2) is 0 Å². The minimum absolute atomic E-state index is 0.0358. The number of ether oxygens (including phenoxy) is 1. The van der Waals surface area contributed by atoms with E-state index in [1.807, 2.05) is 34.6 Å². The molecule has 5 heteroatoms. The molecule has 0 atom stereocenters. The lowest BCUT2D eigenvalue weighted by Crippen LogP contribution is -2.41. The van der Waals surface area contributed by atoms with Gasteiger partial charge in [-0.05, 0) is 39.5 Å². The first-order valence-electron chi connectivity index (χ1n) is 7.04. The first-order chi connectivity index (χ1) is 8.78. The van der Waals surface area contributed by atoms with E-state index in [1.54, 1.807) is 4.90 Å². The van der Waals surface area contributed by atoms with Crippen molar-refractivity contribution in [1.82, 2.24) is 4.90 Å². The first-order valence-corrected chi connectivity index (χ1v) is 7.04. The molecule has 0 spiro atoms. The van der Waals surface area contributed by atoms with Crippen molar-refractivity contribution in [3.05, 3.63) is 0 Å². The summed E-state index contributed by atoms with van der Waals surface area (Å²) in [7, 11) is 0. The van der Waals surface area contributed by atoms with Gasteiger partial charge in [0.25, 0.3) is 0 Å². The summed E-state index contributed by atoms with van der Waals surface area (Å²) in [4.78, 5) is 13.3. The molecular weight excluding hydrogens is 252 g/mol. The highest BCUT2D eigenvalue weighted by Crippen LogP contribution is 2.24. The smallest absolute Gasteiger partial charge is 0.410 e. The average molecular weight is 279 g/mol. The number of carbonyl (C=O) groups excluding carboxylic acids is 1. The summed E-state index contributed by atoms with van der Waals surface area (Å²) >= 11 is 0. The normalized spacial score (nSPS) is 16.9. The van der Waals surface area contributed by atoms with Crippen molar-refractivity contribution >= 4 is 6.09 Å². The molecule has 1 amide bonds. The predicted molar refractivity (Wildman–Crippen MR) is 72.5 cm³/mol. The zero-order chi connectivity index (χ0) is 15.1. The summed E-state index contributed by atoms with van der Waals surface area (Å²) in [6, 6.07) is 0. The van der Waals surface area contributed by atoms with Gasteiger partial charge in [-0.3, -0.25) is 0 Å². The molecule has 1 heterocycles. The second-order valence-electron chi connectivity index (χ2n) is 5.54. The Kier molecular flexibility index (Phi) is 7.95. The highest BCUT2D eigenvalue weighted by atomic mass is 19.3. The van der Waals surface area contributed by atoms with Crippen molar-refractivity contribution in [2.45, 2.75) is 65.9 Å². The van der Waals surface area contributed by atoms with Gasteiger partial charge in [-0.25, -0.2) is 13.6 Å². The molecule has 1 fully saturated rings. The molecule has 0 radical (unpaired) electrons. The SMILES string of the molecule is CC.CC(C)(C)OC(=O)N1CCC(CC(F)F)CC1. The van der Waals surface area contributed by atoms with E-state index in [-0.39, 0.29) is 18.4 Å². The number of carbonyl (C=O) groups is 1. The second-order valence-corrected chi connectivity index (χ2v) is 5.54. The van der Waals surface area contributed by atoms with Crippen molar-refractivity contribution < 1.29 is 18.3 Å².